The summed E-state index contributed by atoms with van der Waals surface area (Å²) in [6.07, 6.45) is 4.09. The number of nitrogens with zero attached hydrogens (tertiary/aromatic N) is 2. The summed E-state index contributed by atoms with van der Waals surface area (Å²) >= 11 is 6.47. The summed E-state index contributed by atoms with van der Waals surface area (Å²) in [5.41, 5.74) is 1.26. The van der Waals surface area contributed by atoms with E-state index in [1.165, 1.54) is 6.92 Å². The number of nitrogens with one attached hydrogen (secondary N) is 2. The first-order chi connectivity index (χ1) is 16.8. The first-order valence-electron chi connectivity index (χ1n) is 12.0. The molecular formula is C27H29ClN4O3. The zero-order chi connectivity index (χ0) is 24.7. The van der Waals surface area contributed by atoms with Crippen molar-refractivity contribution < 1.29 is 14.4 Å². The maximum Gasteiger partial charge on any atom is 0.273 e. The van der Waals surface area contributed by atoms with Gasteiger partial charge in [0.1, 0.15) is 11.2 Å². The van der Waals surface area contributed by atoms with Gasteiger partial charge in [0, 0.05) is 29.9 Å². The zero-order valence-corrected chi connectivity index (χ0v) is 20.7. The van der Waals surface area contributed by atoms with Crippen molar-refractivity contribution in [3.05, 3.63) is 64.8 Å². The highest BCUT2D eigenvalue weighted by atomic mass is 35.5. The Kier molecular flexibility index (Phi) is 6.05. The van der Waals surface area contributed by atoms with Gasteiger partial charge in [-0.3, -0.25) is 14.4 Å². The minimum absolute atomic E-state index is 0.120. The molecule has 1 unspecified atom stereocenters. The molecule has 7 nitrogen and oxygen atoms in total. The molecule has 1 atom stereocenters. The minimum atomic E-state index is -1.15. The molecule has 2 heterocycles. The van der Waals surface area contributed by atoms with E-state index in [4.69, 9.17) is 11.6 Å². The molecule has 8 heteroatoms. The van der Waals surface area contributed by atoms with E-state index in [9.17, 15) is 14.4 Å². The number of anilines is 1. The molecule has 2 aromatic carbocycles. The molecular weight excluding hydrogens is 464 g/mol. The van der Waals surface area contributed by atoms with Crippen molar-refractivity contribution in [1.29, 1.82) is 0 Å². The van der Waals surface area contributed by atoms with Crippen LogP contribution in [0.3, 0.4) is 0 Å². The molecule has 1 saturated carbocycles. The lowest BCUT2D eigenvalue weighted by atomic mass is 9.93. The number of hydrogen-bond acceptors (Lipinski definition) is 3. The van der Waals surface area contributed by atoms with Gasteiger partial charge in [-0.1, -0.05) is 60.8 Å². The molecule has 0 saturated heterocycles. The van der Waals surface area contributed by atoms with E-state index in [1.807, 2.05) is 54.0 Å². The number of rotatable bonds is 5. The molecule has 2 aliphatic rings. The number of benzene rings is 2. The molecule has 5 rings (SSSR count). The quantitative estimate of drug-likeness (QED) is 0.540. The number of halogens is 1. The van der Waals surface area contributed by atoms with Crippen molar-refractivity contribution in [2.24, 2.45) is 0 Å². The Morgan fingerprint density at radius 1 is 1.09 bits per heavy atom. The highest BCUT2D eigenvalue weighted by Crippen LogP contribution is 2.40. The minimum Gasteiger partial charge on any atom is -0.351 e. The smallest absolute Gasteiger partial charge is 0.273 e. The number of fused-ring (bicyclic) bond motifs is 3. The average molecular weight is 493 g/mol. The molecule has 35 heavy (non-hydrogen) atoms. The lowest BCUT2D eigenvalue weighted by molar-refractivity contribution is -0.133. The van der Waals surface area contributed by atoms with Gasteiger partial charge in [0.25, 0.3) is 5.91 Å². The van der Waals surface area contributed by atoms with Crippen LogP contribution in [-0.4, -0.2) is 38.8 Å². The summed E-state index contributed by atoms with van der Waals surface area (Å²) in [4.78, 5) is 41.7. The Hall–Kier alpha value is -3.32. The van der Waals surface area contributed by atoms with Gasteiger partial charge in [-0.15, -0.1) is 0 Å². The number of hydrogen-bond donors (Lipinski definition) is 2. The number of para-hydroxylation sites is 1. The lowest BCUT2D eigenvalue weighted by Crippen LogP contribution is -2.64. The summed E-state index contributed by atoms with van der Waals surface area (Å²) in [7, 11) is 0. The van der Waals surface area contributed by atoms with E-state index in [0.29, 0.717) is 16.4 Å². The molecule has 0 bridgehead atoms. The summed E-state index contributed by atoms with van der Waals surface area (Å²) in [6.45, 7) is 3.68. The third-order valence-corrected chi connectivity index (χ3v) is 7.62. The van der Waals surface area contributed by atoms with Crippen LogP contribution in [0.1, 0.15) is 55.6 Å². The SMILES string of the molecule is CC(=O)Nc1c2n(c3ccccc13)CC(C)(C(=O)NC1CCCC1)N(Cc1ccccc1Cl)C2=O. The van der Waals surface area contributed by atoms with E-state index >= 15 is 0 Å². The standard InChI is InChI=1S/C27H29ClN4O3/c1-17(33)29-23-20-12-6-8-14-22(20)31-16-27(2,26(35)30-19-10-4-5-11-19)32(25(34)24(23)31)15-18-9-3-7-13-21(18)28/h3,6-9,12-14,19H,4-5,10-11,15-16H2,1-2H3,(H,29,33)(H,30,35). The Morgan fingerprint density at radius 2 is 1.77 bits per heavy atom. The van der Waals surface area contributed by atoms with Crippen LogP contribution in [0.15, 0.2) is 48.5 Å². The molecule has 2 N–H and O–H groups in total. The summed E-state index contributed by atoms with van der Waals surface area (Å²) < 4.78 is 1.88. The highest BCUT2D eigenvalue weighted by Gasteiger charge is 2.49. The number of aromatic nitrogens is 1. The summed E-state index contributed by atoms with van der Waals surface area (Å²) in [6, 6.07) is 15.0. The normalized spacial score (nSPS) is 20.2. The van der Waals surface area contributed by atoms with Gasteiger partial charge in [-0.25, -0.2) is 0 Å². The van der Waals surface area contributed by atoms with E-state index < -0.39 is 5.54 Å². The first kappa shape index (κ1) is 23.4. The molecule has 1 aromatic heterocycles. The Labute approximate surface area is 209 Å². The molecule has 1 aliphatic heterocycles. The predicted octanol–water partition coefficient (Wildman–Crippen LogP) is 4.73. The second-order valence-corrected chi connectivity index (χ2v) is 10.1. The highest BCUT2D eigenvalue weighted by molar-refractivity contribution is 6.31. The molecule has 1 aliphatic carbocycles. The molecule has 0 radical (unpaired) electrons. The van der Waals surface area contributed by atoms with Crippen LogP contribution in [0.5, 0.6) is 0 Å². The van der Waals surface area contributed by atoms with Gasteiger partial charge in [0.15, 0.2) is 0 Å². The number of amides is 3. The molecule has 3 amide bonds. The van der Waals surface area contributed by atoms with Gasteiger partial charge >= 0.3 is 0 Å². The maximum absolute atomic E-state index is 14.2. The van der Waals surface area contributed by atoms with Crippen LogP contribution in [0.2, 0.25) is 5.02 Å². The molecule has 1 fully saturated rings. The van der Waals surface area contributed by atoms with Crippen molar-refractivity contribution in [2.75, 3.05) is 5.32 Å². The van der Waals surface area contributed by atoms with E-state index in [2.05, 4.69) is 10.6 Å². The lowest BCUT2D eigenvalue weighted by Gasteiger charge is -2.44. The third kappa shape index (κ3) is 4.08. The Morgan fingerprint density at radius 3 is 2.49 bits per heavy atom. The van der Waals surface area contributed by atoms with Gasteiger partial charge in [-0.2, -0.15) is 0 Å². The van der Waals surface area contributed by atoms with Crippen molar-refractivity contribution in [3.8, 4) is 0 Å². The average Bonchev–Trinajstić information content (AvgIpc) is 3.44. The summed E-state index contributed by atoms with van der Waals surface area (Å²) in [5, 5.41) is 7.37. The fourth-order valence-electron chi connectivity index (χ4n) is 5.39. The molecule has 0 spiro atoms. The fraction of sp³-hybridized carbons (Fsp3) is 0.370. The van der Waals surface area contributed by atoms with Crippen LogP contribution < -0.4 is 10.6 Å². The van der Waals surface area contributed by atoms with Crippen molar-refractivity contribution in [1.82, 2.24) is 14.8 Å². The van der Waals surface area contributed by atoms with Gasteiger partial charge < -0.3 is 20.1 Å². The van der Waals surface area contributed by atoms with Gasteiger partial charge in [0.2, 0.25) is 11.8 Å². The second kappa shape index (κ2) is 9.04. The monoisotopic (exact) mass is 492 g/mol. The van der Waals surface area contributed by atoms with Crippen LogP contribution in [0, 0.1) is 0 Å². The van der Waals surface area contributed by atoms with E-state index in [-0.39, 0.29) is 36.9 Å². The predicted molar refractivity (Wildman–Crippen MR) is 136 cm³/mol. The number of carbonyl (C=O) groups excluding carboxylic acids is 3. The van der Waals surface area contributed by atoms with Crippen LogP contribution >= 0.6 is 11.6 Å². The number of carbonyl (C=O) groups is 3. The third-order valence-electron chi connectivity index (χ3n) is 7.25. The maximum atomic E-state index is 14.2. The van der Waals surface area contributed by atoms with Crippen molar-refractivity contribution in [3.63, 3.8) is 0 Å². The van der Waals surface area contributed by atoms with E-state index in [1.54, 1.807) is 11.0 Å². The van der Waals surface area contributed by atoms with Crippen LogP contribution in [0.4, 0.5) is 5.69 Å². The van der Waals surface area contributed by atoms with E-state index in [0.717, 1.165) is 42.1 Å². The largest absolute Gasteiger partial charge is 0.351 e. The molecule has 182 valence electrons. The first-order valence-corrected chi connectivity index (χ1v) is 12.4. The topological polar surface area (TPSA) is 83.4 Å². The van der Waals surface area contributed by atoms with Crippen molar-refractivity contribution >= 4 is 45.9 Å². The molecule has 3 aromatic rings. The fourth-order valence-corrected chi connectivity index (χ4v) is 5.58. The van der Waals surface area contributed by atoms with Crippen LogP contribution in [0.25, 0.3) is 10.9 Å². The Bertz CT molecular complexity index is 1330. The van der Waals surface area contributed by atoms with Crippen LogP contribution in [-0.2, 0) is 22.7 Å². The van der Waals surface area contributed by atoms with Gasteiger partial charge in [-0.05, 0) is 37.5 Å². The summed E-state index contributed by atoms with van der Waals surface area (Å²) in [5.74, 6) is -0.753. The van der Waals surface area contributed by atoms with Gasteiger partial charge in [0.05, 0.1) is 17.7 Å². The second-order valence-electron chi connectivity index (χ2n) is 9.72. The Balaban J connectivity index is 1.65. The van der Waals surface area contributed by atoms with Crippen molar-refractivity contribution in [2.45, 2.75) is 64.2 Å². The zero-order valence-electron chi connectivity index (χ0n) is 19.9.